The van der Waals surface area contributed by atoms with Crippen LogP contribution < -0.4 is 0 Å². The van der Waals surface area contributed by atoms with Crippen molar-refractivity contribution < 1.29 is 4.79 Å². The van der Waals surface area contributed by atoms with Gasteiger partial charge >= 0.3 is 0 Å². The Kier molecular flexibility index (Phi) is 3.97. The normalized spacial score (nSPS) is 14.4. The number of halogens is 1. The van der Waals surface area contributed by atoms with Crippen molar-refractivity contribution in [3.8, 4) is 11.4 Å². The summed E-state index contributed by atoms with van der Waals surface area (Å²) in [5.74, 6) is 0.666. The smallest absolute Gasteiger partial charge is 0.247 e. The highest BCUT2D eigenvalue weighted by Crippen LogP contribution is 2.25. The number of hydrogen-bond acceptors (Lipinski definition) is 4. The molecule has 1 aliphatic rings. The topological polar surface area (TPSA) is 63.9 Å². The van der Waals surface area contributed by atoms with Crippen molar-refractivity contribution in [3.63, 3.8) is 0 Å². The summed E-state index contributed by atoms with van der Waals surface area (Å²) in [4.78, 5) is 23.6. The lowest BCUT2D eigenvalue weighted by Gasteiger charge is -2.20. The van der Waals surface area contributed by atoms with Crippen LogP contribution in [0.4, 0.5) is 0 Å². The van der Waals surface area contributed by atoms with Crippen molar-refractivity contribution in [2.24, 2.45) is 0 Å². The third-order valence-corrected chi connectivity index (χ3v) is 4.52. The van der Waals surface area contributed by atoms with Crippen LogP contribution in [0.25, 0.3) is 11.4 Å². The van der Waals surface area contributed by atoms with E-state index < -0.39 is 6.04 Å². The van der Waals surface area contributed by atoms with E-state index in [0.717, 1.165) is 16.8 Å². The summed E-state index contributed by atoms with van der Waals surface area (Å²) in [5.41, 5.74) is 2.85. The van der Waals surface area contributed by atoms with Gasteiger partial charge in [-0.3, -0.25) is 9.48 Å². The van der Waals surface area contributed by atoms with Gasteiger partial charge in [-0.05, 0) is 6.92 Å². The fourth-order valence-corrected chi connectivity index (χ4v) is 3.08. The van der Waals surface area contributed by atoms with E-state index in [1.165, 1.54) is 6.20 Å². The molecule has 1 unspecified atom stereocenters. The first-order chi connectivity index (χ1) is 12.1. The van der Waals surface area contributed by atoms with Crippen LogP contribution in [0.3, 0.4) is 0 Å². The Bertz CT molecular complexity index is 924. The summed E-state index contributed by atoms with van der Waals surface area (Å²) in [6.45, 7) is 2.81. The number of carbonyl (C=O) groups is 1. The molecule has 0 aliphatic carbocycles. The van der Waals surface area contributed by atoms with Crippen LogP contribution in [0.5, 0.6) is 0 Å². The van der Waals surface area contributed by atoms with E-state index in [4.69, 9.17) is 11.6 Å². The van der Waals surface area contributed by atoms with E-state index >= 15 is 0 Å². The molecule has 1 amide bonds. The van der Waals surface area contributed by atoms with E-state index in [1.807, 2.05) is 43.5 Å². The second-order valence-electron chi connectivity index (χ2n) is 6.04. The number of amides is 1. The first kappa shape index (κ1) is 15.8. The second-order valence-corrected chi connectivity index (χ2v) is 6.48. The number of hydrogen-bond donors (Lipinski definition) is 0. The molecule has 1 aliphatic heterocycles. The lowest BCUT2D eigenvalue weighted by Crippen LogP contribution is -2.32. The van der Waals surface area contributed by atoms with E-state index in [-0.39, 0.29) is 5.91 Å². The van der Waals surface area contributed by atoms with Crippen LogP contribution in [-0.2, 0) is 17.9 Å². The molecule has 0 bridgehead atoms. The fraction of sp³-hybridized carbons (Fsp3) is 0.222. The molecule has 1 atom stereocenters. The summed E-state index contributed by atoms with van der Waals surface area (Å²) in [5, 5.41) is 4.64. The molecule has 6 nitrogen and oxygen atoms in total. The van der Waals surface area contributed by atoms with Gasteiger partial charge in [-0.2, -0.15) is 5.10 Å². The Morgan fingerprint density at radius 1 is 1.20 bits per heavy atom. The minimum Gasteiger partial charge on any atom is -0.330 e. The molecule has 7 heteroatoms. The summed E-state index contributed by atoms with van der Waals surface area (Å²) in [7, 11) is 0. The Balaban J connectivity index is 1.54. The van der Waals surface area contributed by atoms with Crippen LogP contribution >= 0.6 is 11.6 Å². The molecular weight excluding hydrogens is 338 g/mol. The molecule has 0 spiro atoms. The van der Waals surface area contributed by atoms with E-state index in [1.54, 1.807) is 15.8 Å². The van der Waals surface area contributed by atoms with Crippen LogP contribution in [0.2, 0.25) is 5.02 Å². The first-order valence-electron chi connectivity index (χ1n) is 8.00. The molecule has 0 N–H and O–H groups in total. The molecule has 0 radical (unpaired) electrons. The Morgan fingerprint density at radius 3 is 2.72 bits per heavy atom. The monoisotopic (exact) mass is 353 g/mol. The summed E-state index contributed by atoms with van der Waals surface area (Å²) in [6, 6.07) is 9.41. The summed E-state index contributed by atoms with van der Waals surface area (Å²) < 4.78 is 1.58. The predicted molar refractivity (Wildman–Crippen MR) is 93.7 cm³/mol. The zero-order valence-corrected chi connectivity index (χ0v) is 14.4. The lowest BCUT2D eigenvalue weighted by molar-refractivity contribution is -0.135. The maximum absolute atomic E-state index is 12.8. The van der Waals surface area contributed by atoms with Crippen molar-refractivity contribution >= 4 is 17.5 Å². The molecule has 2 aromatic heterocycles. The van der Waals surface area contributed by atoms with Crippen molar-refractivity contribution in [1.29, 1.82) is 0 Å². The van der Waals surface area contributed by atoms with Gasteiger partial charge in [0.15, 0.2) is 5.82 Å². The van der Waals surface area contributed by atoms with Gasteiger partial charge in [0.1, 0.15) is 6.04 Å². The summed E-state index contributed by atoms with van der Waals surface area (Å²) >= 11 is 5.89. The standard InChI is InChI=1S/C18H16ClN5O/c1-12(24-10-15(19)8-21-24)18(25)23-9-14-7-20-17(22-16(14)11-23)13-5-3-2-4-6-13/h2-8,10,12H,9,11H2,1H3. The van der Waals surface area contributed by atoms with Crippen molar-refractivity contribution in [3.05, 3.63) is 65.2 Å². The maximum Gasteiger partial charge on any atom is 0.247 e. The Hall–Kier alpha value is -2.73. The van der Waals surface area contributed by atoms with Gasteiger partial charge in [0, 0.05) is 30.1 Å². The molecule has 1 aromatic carbocycles. The zero-order chi connectivity index (χ0) is 17.4. The number of aromatic nitrogens is 4. The predicted octanol–water partition coefficient (Wildman–Crippen LogP) is 3.10. The van der Waals surface area contributed by atoms with Gasteiger partial charge in [0.25, 0.3) is 0 Å². The van der Waals surface area contributed by atoms with Crippen LogP contribution in [0, 0.1) is 0 Å². The highest BCUT2D eigenvalue weighted by Gasteiger charge is 2.29. The maximum atomic E-state index is 12.8. The van der Waals surface area contributed by atoms with Gasteiger partial charge in [-0.1, -0.05) is 41.9 Å². The minimum absolute atomic E-state index is 0.0148. The van der Waals surface area contributed by atoms with Gasteiger partial charge in [0.05, 0.1) is 23.5 Å². The Labute approximate surface area is 150 Å². The largest absolute Gasteiger partial charge is 0.330 e. The highest BCUT2D eigenvalue weighted by molar-refractivity contribution is 6.30. The SMILES string of the molecule is CC(C(=O)N1Cc2cnc(-c3ccccc3)nc2C1)n1cc(Cl)cn1. The number of nitrogens with zero attached hydrogens (tertiary/aromatic N) is 5. The molecule has 3 aromatic rings. The molecular formula is C18H16ClN5O. The third kappa shape index (κ3) is 3.00. The van der Waals surface area contributed by atoms with Crippen LogP contribution in [0.1, 0.15) is 24.2 Å². The average Bonchev–Trinajstić information content (AvgIpc) is 3.26. The molecule has 0 saturated carbocycles. The van der Waals surface area contributed by atoms with Crippen LogP contribution in [-0.4, -0.2) is 30.6 Å². The highest BCUT2D eigenvalue weighted by atomic mass is 35.5. The molecule has 0 saturated heterocycles. The first-order valence-corrected chi connectivity index (χ1v) is 8.38. The van der Waals surface area contributed by atoms with Gasteiger partial charge in [-0.25, -0.2) is 9.97 Å². The van der Waals surface area contributed by atoms with Crippen molar-refractivity contribution in [1.82, 2.24) is 24.6 Å². The lowest BCUT2D eigenvalue weighted by atomic mass is 10.2. The molecule has 0 fully saturated rings. The number of fused-ring (bicyclic) bond motifs is 1. The van der Waals surface area contributed by atoms with Gasteiger partial charge in [0.2, 0.25) is 5.91 Å². The second kappa shape index (κ2) is 6.29. The molecule has 4 rings (SSSR count). The van der Waals surface area contributed by atoms with Gasteiger partial charge in [-0.15, -0.1) is 0 Å². The van der Waals surface area contributed by atoms with Crippen molar-refractivity contribution in [2.45, 2.75) is 26.1 Å². The zero-order valence-electron chi connectivity index (χ0n) is 13.6. The van der Waals surface area contributed by atoms with Crippen molar-refractivity contribution in [2.75, 3.05) is 0 Å². The number of carbonyl (C=O) groups excluding carboxylic acids is 1. The minimum atomic E-state index is -0.414. The molecule has 3 heterocycles. The summed E-state index contributed by atoms with van der Waals surface area (Å²) in [6.07, 6.45) is 5.00. The number of rotatable bonds is 3. The average molecular weight is 354 g/mol. The fourth-order valence-electron chi connectivity index (χ4n) is 2.94. The Morgan fingerprint density at radius 2 is 2.00 bits per heavy atom. The van der Waals surface area contributed by atoms with Crippen LogP contribution in [0.15, 0.2) is 48.9 Å². The van der Waals surface area contributed by atoms with Gasteiger partial charge < -0.3 is 4.90 Å². The third-order valence-electron chi connectivity index (χ3n) is 4.32. The van der Waals surface area contributed by atoms with E-state index in [0.29, 0.717) is 23.9 Å². The number of benzene rings is 1. The van der Waals surface area contributed by atoms with E-state index in [2.05, 4.69) is 15.1 Å². The molecule has 126 valence electrons. The van der Waals surface area contributed by atoms with E-state index in [9.17, 15) is 4.79 Å². The quantitative estimate of drug-likeness (QED) is 0.725. The molecule has 25 heavy (non-hydrogen) atoms.